The van der Waals surface area contributed by atoms with Gasteiger partial charge in [-0.25, -0.2) is 17.9 Å². The van der Waals surface area contributed by atoms with Gasteiger partial charge >= 0.3 is 12.0 Å². The molecule has 0 atom stereocenters. The molecule has 0 saturated carbocycles. The molecule has 0 spiro atoms. The van der Waals surface area contributed by atoms with Gasteiger partial charge in [0.05, 0.1) is 23.3 Å². The van der Waals surface area contributed by atoms with Crippen LogP contribution in [0.2, 0.25) is 0 Å². The highest BCUT2D eigenvalue weighted by molar-refractivity contribution is 7.92. The molecule has 9 nitrogen and oxygen atoms in total. The van der Waals surface area contributed by atoms with Crippen LogP contribution in [-0.4, -0.2) is 31.2 Å². The van der Waals surface area contributed by atoms with E-state index in [0.717, 1.165) is 0 Å². The van der Waals surface area contributed by atoms with E-state index in [4.69, 9.17) is 13.6 Å². The number of nitrogens with zero attached hydrogens (tertiary/aromatic N) is 2. The van der Waals surface area contributed by atoms with Gasteiger partial charge in [-0.1, -0.05) is 5.10 Å². The Kier molecular flexibility index (Phi) is 4.52. The van der Waals surface area contributed by atoms with E-state index < -0.39 is 16.0 Å². The number of hydrogen-bond acceptors (Lipinski definition) is 8. The summed E-state index contributed by atoms with van der Waals surface area (Å²) in [7, 11) is -3.95. The summed E-state index contributed by atoms with van der Waals surface area (Å²) in [6.07, 6.45) is 1.43. The maximum absolute atomic E-state index is 12.3. The number of ether oxygens (including phenoxy) is 1. The SMILES string of the molecule is CCOC(=O)c1ccc(S(=O)(=O)Nc2nnc(-c3ccco3)o2)cc1. The quantitative estimate of drug-likeness (QED) is 0.662. The van der Waals surface area contributed by atoms with Gasteiger partial charge in [0.25, 0.3) is 15.9 Å². The third kappa shape index (κ3) is 3.69. The first-order valence-corrected chi connectivity index (χ1v) is 8.65. The summed E-state index contributed by atoms with van der Waals surface area (Å²) in [4.78, 5) is 11.5. The topological polar surface area (TPSA) is 125 Å². The van der Waals surface area contributed by atoms with Gasteiger partial charge in [-0.3, -0.25) is 0 Å². The van der Waals surface area contributed by atoms with Gasteiger partial charge in [0.1, 0.15) is 0 Å². The first kappa shape index (κ1) is 16.7. The first-order valence-electron chi connectivity index (χ1n) is 7.17. The van der Waals surface area contributed by atoms with Crippen LogP contribution in [0.5, 0.6) is 0 Å². The average Bonchev–Trinajstić information content (AvgIpc) is 3.26. The number of carbonyl (C=O) groups is 1. The maximum atomic E-state index is 12.3. The molecule has 0 radical (unpaired) electrons. The molecule has 10 heteroatoms. The van der Waals surface area contributed by atoms with Crippen molar-refractivity contribution in [3.8, 4) is 11.7 Å². The zero-order chi connectivity index (χ0) is 17.9. The molecular formula is C15H13N3O6S. The lowest BCUT2D eigenvalue weighted by molar-refractivity contribution is 0.0526. The molecule has 0 aliphatic carbocycles. The number of benzene rings is 1. The van der Waals surface area contributed by atoms with Crippen LogP contribution in [0.1, 0.15) is 17.3 Å². The standard InChI is InChI=1S/C15H13N3O6S/c1-2-22-14(19)10-5-7-11(8-6-10)25(20,21)18-15-17-16-13(24-15)12-4-3-9-23-12/h3-9H,2H2,1H3,(H,17,18). The monoisotopic (exact) mass is 363 g/mol. The summed E-state index contributed by atoms with van der Waals surface area (Å²) >= 11 is 0. The Morgan fingerprint density at radius 2 is 1.96 bits per heavy atom. The van der Waals surface area contributed by atoms with E-state index in [2.05, 4.69) is 14.9 Å². The maximum Gasteiger partial charge on any atom is 0.338 e. The number of rotatable bonds is 6. The second-order valence-corrected chi connectivity index (χ2v) is 6.42. The van der Waals surface area contributed by atoms with Gasteiger partial charge in [-0.15, -0.1) is 5.10 Å². The van der Waals surface area contributed by atoms with Crippen LogP contribution in [0.25, 0.3) is 11.7 Å². The predicted molar refractivity (Wildman–Crippen MR) is 85.2 cm³/mol. The molecule has 3 aromatic rings. The van der Waals surface area contributed by atoms with E-state index in [1.54, 1.807) is 19.1 Å². The van der Waals surface area contributed by atoms with Crippen LogP contribution in [0.15, 0.2) is 56.4 Å². The minimum atomic E-state index is -3.95. The van der Waals surface area contributed by atoms with E-state index in [-0.39, 0.29) is 29.0 Å². The zero-order valence-electron chi connectivity index (χ0n) is 13.0. The minimum absolute atomic E-state index is 0.0420. The lowest BCUT2D eigenvalue weighted by atomic mass is 10.2. The van der Waals surface area contributed by atoms with Gasteiger partial charge in [0.15, 0.2) is 5.76 Å². The zero-order valence-corrected chi connectivity index (χ0v) is 13.8. The van der Waals surface area contributed by atoms with Gasteiger partial charge in [0.2, 0.25) is 0 Å². The minimum Gasteiger partial charge on any atom is -0.462 e. The van der Waals surface area contributed by atoms with Gasteiger partial charge < -0.3 is 13.6 Å². The van der Waals surface area contributed by atoms with Crippen LogP contribution in [0.4, 0.5) is 6.01 Å². The lowest BCUT2D eigenvalue weighted by Crippen LogP contribution is -2.13. The molecule has 3 rings (SSSR count). The summed E-state index contributed by atoms with van der Waals surface area (Å²) < 4.78 is 41.9. The summed E-state index contributed by atoms with van der Waals surface area (Å²) in [6.45, 7) is 1.91. The van der Waals surface area contributed by atoms with Crippen molar-refractivity contribution in [2.75, 3.05) is 11.3 Å². The highest BCUT2D eigenvalue weighted by Gasteiger charge is 2.20. The lowest BCUT2D eigenvalue weighted by Gasteiger charge is -2.05. The second kappa shape index (κ2) is 6.77. The Labute approximate surface area is 142 Å². The van der Waals surface area contributed by atoms with Crippen LogP contribution in [-0.2, 0) is 14.8 Å². The molecule has 25 heavy (non-hydrogen) atoms. The molecule has 2 heterocycles. The van der Waals surface area contributed by atoms with Crippen LogP contribution < -0.4 is 4.72 Å². The van der Waals surface area contributed by atoms with Crippen molar-refractivity contribution >= 4 is 22.0 Å². The summed E-state index contributed by atoms with van der Waals surface area (Å²) in [6, 6.07) is 8.19. The molecule has 0 unspecified atom stereocenters. The third-order valence-electron chi connectivity index (χ3n) is 3.05. The highest BCUT2D eigenvalue weighted by atomic mass is 32.2. The van der Waals surface area contributed by atoms with Crippen molar-refractivity contribution in [2.24, 2.45) is 0 Å². The number of carbonyl (C=O) groups excluding carboxylic acids is 1. The van der Waals surface area contributed by atoms with Crippen molar-refractivity contribution in [1.82, 2.24) is 10.2 Å². The van der Waals surface area contributed by atoms with E-state index >= 15 is 0 Å². The third-order valence-corrected chi connectivity index (χ3v) is 4.39. The number of nitrogens with one attached hydrogen (secondary N) is 1. The smallest absolute Gasteiger partial charge is 0.338 e. The van der Waals surface area contributed by atoms with Crippen molar-refractivity contribution in [3.05, 3.63) is 48.2 Å². The van der Waals surface area contributed by atoms with Crippen molar-refractivity contribution in [3.63, 3.8) is 0 Å². The fourth-order valence-corrected chi connectivity index (χ4v) is 2.85. The molecule has 0 fully saturated rings. The van der Waals surface area contributed by atoms with Gasteiger partial charge in [0, 0.05) is 0 Å². The Morgan fingerprint density at radius 1 is 1.20 bits per heavy atom. The van der Waals surface area contributed by atoms with E-state index in [1.807, 2.05) is 0 Å². The fourth-order valence-electron chi connectivity index (χ4n) is 1.92. The van der Waals surface area contributed by atoms with E-state index in [9.17, 15) is 13.2 Å². The number of aromatic nitrogens is 2. The Morgan fingerprint density at radius 3 is 2.60 bits per heavy atom. The first-order chi connectivity index (χ1) is 12.0. The predicted octanol–water partition coefficient (Wildman–Crippen LogP) is 2.31. The normalized spacial score (nSPS) is 11.2. The second-order valence-electron chi connectivity index (χ2n) is 4.74. The fraction of sp³-hybridized carbons (Fsp3) is 0.133. The highest BCUT2D eigenvalue weighted by Crippen LogP contribution is 2.22. The largest absolute Gasteiger partial charge is 0.462 e. The number of furan rings is 1. The molecule has 0 aliphatic rings. The molecular weight excluding hydrogens is 350 g/mol. The Bertz CT molecular complexity index is 961. The summed E-state index contributed by atoms with van der Waals surface area (Å²) in [5, 5.41) is 7.31. The molecule has 1 N–H and O–H groups in total. The number of hydrogen-bond donors (Lipinski definition) is 1. The van der Waals surface area contributed by atoms with Crippen molar-refractivity contribution in [1.29, 1.82) is 0 Å². The summed E-state index contributed by atoms with van der Waals surface area (Å²) in [5.41, 5.74) is 0.249. The molecule has 2 aromatic heterocycles. The molecule has 130 valence electrons. The van der Waals surface area contributed by atoms with Gasteiger partial charge in [-0.2, -0.15) is 0 Å². The molecule has 0 amide bonds. The van der Waals surface area contributed by atoms with Crippen LogP contribution >= 0.6 is 0 Å². The van der Waals surface area contributed by atoms with E-state index in [0.29, 0.717) is 5.76 Å². The molecule has 0 bridgehead atoms. The number of sulfonamides is 1. The Hall–Kier alpha value is -3.14. The Balaban J connectivity index is 1.77. The van der Waals surface area contributed by atoms with Gasteiger partial charge in [-0.05, 0) is 43.3 Å². The average molecular weight is 363 g/mol. The van der Waals surface area contributed by atoms with E-state index in [1.165, 1.54) is 30.5 Å². The van der Waals surface area contributed by atoms with Crippen LogP contribution in [0, 0.1) is 0 Å². The molecule has 0 aliphatic heterocycles. The van der Waals surface area contributed by atoms with Crippen molar-refractivity contribution < 1.29 is 26.8 Å². The number of anilines is 1. The molecule has 1 aromatic carbocycles. The van der Waals surface area contributed by atoms with Crippen LogP contribution in [0.3, 0.4) is 0 Å². The summed E-state index contributed by atoms with van der Waals surface area (Å²) in [5.74, 6) is -0.170. The number of esters is 1. The van der Waals surface area contributed by atoms with Crippen molar-refractivity contribution in [2.45, 2.75) is 11.8 Å². The molecule has 0 saturated heterocycles.